The quantitative estimate of drug-likeness (QED) is 0.546. The van der Waals surface area contributed by atoms with Crippen LogP contribution in [-0.2, 0) is 13.0 Å². The van der Waals surface area contributed by atoms with Gasteiger partial charge in [-0.15, -0.1) is 0 Å². The van der Waals surface area contributed by atoms with Gasteiger partial charge in [-0.2, -0.15) is 0 Å². The predicted molar refractivity (Wildman–Crippen MR) is 102 cm³/mol. The maximum Gasteiger partial charge on any atom is 0.231 e. The summed E-state index contributed by atoms with van der Waals surface area (Å²) >= 11 is 3.87. The third-order valence-corrected chi connectivity index (χ3v) is 6.02. The number of nitrogens with zero attached hydrogens (tertiary/aromatic N) is 1. The van der Waals surface area contributed by atoms with Gasteiger partial charge in [0.2, 0.25) is 6.79 Å². The number of alkyl halides is 1. The number of benzene rings is 2. The second kappa shape index (κ2) is 7.00. The average molecular weight is 420 g/mol. The molecule has 2 aromatic carbocycles. The standard InChI is InChI=1S/C20H22BrNO4/c1-12-15-9-18-17(25-11-26-18)7-14(15)8-19(21)22(12)10-13-5-4-6-16(23-2)20(13)24-3/h4-7,9,12,19H,8,10-11H2,1-3H3. The highest BCUT2D eigenvalue weighted by Crippen LogP contribution is 2.44. The molecule has 2 atom stereocenters. The van der Waals surface area contributed by atoms with Gasteiger partial charge in [-0.3, -0.25) is 4.90 Å². The Morgan fingerprint density at radius 2 is 1.92 bits per heavy atom. The van der Waals surface area contributed by atoms with Crippen molar-refractivity contribution >= 4 is 15.9 Å². The third kappa shape index (κ3) is 2.91. The van der Waals surface area contributed by atoms with Crippen molar-refractivity contribution in [1.82, 2.24) is 4.90 Å². The molecule has 26 heavy (non-hydrogen) atoms. The number of halogens is 1. The number of ether oxygens (including phenoxy) is 4. The lowest BCUT2D eigenvalue weighted by Crippen LogP contribution is -2.38. The van der Waals surface area contributed by atoms with Gasteiger partial charge >= 0.3 is 0 Å². The van der Waals surface area contributed by atoms with Crippen molar-refractivity contribution in [1.29, 1.82) is 0 Å². The van der Waals surface area contributed by atoms with Gasteiger partial charge in [0.25, 0.3) is 0 Å². The molecule has 0 aromatic heterocycles. The number of fused-ring (bicyclic) bond motifs is 2. The molecule has 0 radical (unpaired) electrons. The fraction of sp³-hybridized carbons (Fsp3) is 0.400. The van der Waals surface area contributed by atoms with E-state index in [9.17, 15) is 0 Å². The molecule has 5 nitrogen and oxygen atoms in total. The second-order valence-corrected chi connectivity index (χ2v) is 7.60. The lowest BCUT2D eigenvalue weighted by molar-refractivity contribution is 0.170. The van der Waals surface area contributed by atoms with Crippen molar-refractivity contribution in [3.05, 3.63) is 47.0 Å². The number of rotatable bonds is 4. The molecule has 0 spiro atoms. The van der Waals surface area contributed by atoms with Crippen LogP contribution in [0, 0.1) is 0 Å². The van der Waals surface area contributed by atoms with E-state index >= 15 is 0 Å². The molecule has 0 N–H and O–H groups in total. The normalized spacial score (nSPS) is 21.4. The minimum absolute atomic E-state index is 0.223. The first-order valence-corrected chi connectivity index (χ1v) is 9.56. The van der Waals surface area contributed by atoms with Crippen molar-refractivity contribution in [2.45, 2.75) is 30.9 Å². The largest absolute Gasteiger partial charge is 0.493 e. The van der Waals surface area contributed by atoms with E-state index in [-0.39, 0.29) is 11.0 Å². The summed E-state index contributed by atoms with van der Waals surface area (Å²) in [6.07, 6.45) is 0.905. The van der Waals surface area contributed by atoms with Gasteiger partial charge in [0, 0.05) is 18.2 Å². The van der Waals surface area contributed by atoms with Gasteiger partial charge in [-0.1, -0.05) is 28.1 Å². The van der Waals surface area contributed by atoms with Crippen LogP contribution in [0.2, 0.25) is 0 Å². The van der Waals surface area contributed by atoms with E-state index in [4.69, 9.17) is 18.9 Å². The van der Waals surface area contributed by atoms with E-state index in [0.717, 1.165) is 41.5 Å². The lowest BCUT2D eigenvalue weighted by atomic mass is 9.92. The van der Waals surface area contributed by atoms with E-state index in [0.29, 0.717) is 6.79 Å². The van der Waals surface area contributed by atoms with Gasteiger partial charge < -0.3 is 18.9 Å². The first kappa shape index (κ1) is 17.5. The minimum Gasteiger partial charge on any atom is -0.493 e. The molecule has 2 unspecified atom stereocenters. The summed E-state index contributed by atoms with van der Waals surface area (Å²) in [4.78, 5) is 2.64. The average Bonchev–Trinajstić information content (AvgIpc) is 3.10. The Hall–Kier alpha value is -1.92. The molecule has 0 amide bonds. The molecule has 2 aliphatic heterocycles. The summed E-state index contributed by atoms with van der Waals surface area (Å²) in [6.45, 7) is 3.28. The Morgan fingerprint density at radius 3 is 2.65 bits per heavy atom. The number of hydrogen-bond donors (Lipinski definition) is 0. The summed E-state index contributed by atoms with van der Waals surface area (Å²) in [5, 5.41) is 0. The monoisotopic (exact) mass is 419 g/mol. The van der Waals surface area contributed by atoms with Crippen LogP contribution in [0.4, 0.5) is 0 Å². The number of methoxy groups -OCH3 is 2. The first-order chi connectivity index (χ1) is 12.6. The summed E-state index contributed by atoms with van der Waals surface area (Å²) in [5.74, 6) is 3.23. The molecule has 4 rings (SSSR count). The SMILES string of the molecule is COc1cccc(CN2C(Br)Cc3cc4c(cc3C2C)OCO4)c1OC. The lowest BCUT2D eigenvalue weighted by Gasteiger charge is -2.39. The maximum absolute atomic E-state index is 5.61. The highest BCUT2D eigenvalue weighted by Gasteiger charge is 2.33. The Balaban J connectivity index is 1.66. The van der Waals surface area contributed by atoms with Crippen molar-refractivity contribution in [2.24, 2.45) is 0 Å². The van der Waals surface area contributed by atoms with E-state index in [1.807, 2.05) is 12.1 Å². The Labute approximate surface area is 161 Å². The van der Waals surface area contributed by atoms with Crippen molar-refractivity contribution in [2.75, 3.05) is 21.0 Å². The summed E-state index contributed by atoms with van der Waals surface area (Å²) in [5.41, 5.74) is 3.69. The minimum atomic E-state index is 0.223. The second-order valence-electron chi connectivity index (χ2n) is 6.54. The maximum atomic E-state index is 5.61. The number of para-hydroxylation sites is 1. The zero-order valence-electron chi connectivity index (χ0n) is 15.1. The van der Waals surface area contributed by atoms with Crippen LogP contribution >= 0.6 is 15.9 Å². The molecule has 0 saturated heterocycles. The molecule has 2 heterocycles. The Bertz CT molecular complexity index is 826. The summed E-state index contributed by atoms with van der Waals surface area (Å²) in [6, 6.07) is 10.5. The molecule has 0 fully saturated rings. The van der Waals surface area contributed by atoms with Crippen LogP contribution in [0.5, 0.6) is 23.0 Å². The zero-order valence-corrected chi connectivity index (χ0v) is 16.7. The molecule has 138 valence electrons. The topological polar surface area (TPSA) is 40.2 Å². The third-order valence-electron chi connectivity index (χ3n) is 5.17. The van der Waals surface area contributed by atoms with Crippen LogP contribution < -0.4 is 18.9 Å². The highest BCUT2D eigenvalue weighted by molar-refractivity contribution is 9.09. The van der Waals surface area contributed by atoms with Crippen LogP contribution in [0.3, 0.4) is 0 Å². The van der Waals surface area contributed by atoms with Crippen LogP contribution in [0.15, 0.2) is 30.3 Å². The van der Waals surface area contributed by atoms with Crippen LogP contribution in [0.25, 0.3) is 0 Å². The van der Waals surface area contributed by atoms with Gasteiger partial charge in [-0.05, 0) is 42.7 Å². The Morgan fingerprint density at radius 1 is 1.15 bits per heavy atom. The molecule has 2 aromatic rings. The van der Waals surface area contributed by atoms with Crippen LogP contribution in [-0.4, -0.2) is 30.9 Å². The summed E-state index contributed by atoms with van der Waals surface area (Å²) in [7, 11) is 3.35. The van der Waals surface area contributed by atoms with Gasteiger partial charge in [0.05, 0.1) is 19.2 Å². The fourth-order valence-corrected chi connectivity index (χ4v) is 4.64. The van der Waals surface area contributed by atoms with Gasteiger partial charge in [-0.25, -0.2) is 0 Å². The van der Waals surface area contributed by atoms with E-state index < -0.39 is 0 Å². The van der Waals surface area contributed by atoms with Crippen molar-refractivity contribution in [3.8, 4) is 23.0 Å². The molecule has 2 aliphatic rings. The molecular formula is C20H22BrNO4. The molecular weight excluding hydrogens is 398 g/mol. The van der Waals surface area contributed by atoms with Gasteiger partial charge in [0.15, 0.2) is 23.0 Å². The predicted octanol–water partition coefficient (Wildman–Crippen LogP) is 4.27. The van der Waals surface area contributed by atoms with Crippen molar-refractivity contribution < 1.29 is 18.9 Å². The zero-order chi connectivity index (χ0) is 18.3. The first-order valence-electron chi connectivity index (χ1n) is 8.64. The smallest absolute Gasteiger partial charge is 0.231 e. The Kier molecular flexibility index (Phi) is 4.71. The van der Waals surface area contributed by atoms with Crippen molar-refractivity contribution in [3.63, 3.8) is 0 Å². The molecule has 6 heteroatoms. The van der Waals surface area contributed by atoms with E-state index in [1.54, 1.807) is 14.2 Å². The van der Waals surface area contributed by atoms with Crippen LogP contribution in [0.1, 0.15) is 29.7 Å². The van der Waals surface area contributed by atoms with E-state index in [2.05, 4.69) is 46.0 Å². The molecule has 0 bridgehead atoms. The van der Waals surface area contributed by atoms with Gasteiger partial charge in [0.1, 0.15) is 0 Å². The van der Waals surface area contributed by atoms with E-state index in [1.165, 1.54) is 11.1 Å². The molecule has 0 saturated carbocycles. The fourth-order valence-electron chi connectivity index (χ4n) is 3.80. The summed E-state index contributed by atoms with van der Waals surface area (Å²) < 4.78 is 22.1. The molecule has 0 aliphatic carbocycles. The highest BCUT2D eigenvalue weighted by atomic mass is 79.9. The number of hydrogen-bond acceptors (Lipinski definition) is 5.